The number of allylic oxidation sites excluding steroid dienone is 2. The molecule has 3 rings (SSSR count). The average molecular weight is 229 g/mol. The lowest BCUT2D eigenvalue weighted by molar-refractivity contribution is -0.119. The van der Waals surface area contributed by atoms with Crippen LogP contribution in [-0.2, 0) is 4.79 Å². The summed E-state index contributed by atoms with van der Waals surface area (Å²) in [5.41, 5.74) is 1.59. The zero-order chi connectivity index (χ0) is 11.2. The van der Waals surface area contributed by atoms with E-state index in [9.17, 15) is 4.79 Å². The molecule has 1 aromatic heterocycles. The fourth-order valence-electron chi connectivity index (χ4n) is 2.12. The lowest BCUT2D eigenvalue weighted by atomic mass is 9.95. The van der Waals surface area contributed by atoms with Crippen molar-refractivity contribution in [2.45, 2.75) is 12.5 Å². The van der Waals surface area contributed by atoms with Gasteiger partial charge < -0.3 is 4.90 Å². The maximum atomic E-state index is 12.0. The van der Waals surface area contributed by atoms with E-state index in [1.165, 1.54) is 0 Å². The molecule has 0 spiro atoms. The summed E-state index contributed by atoms with van der Waals surface area (Å²) in [7, 11) is 0. The summed E-state index contributed by atoms with van der Waals surface area (Å²) in [6.45, 7) is 1.95. The smallest absolute Gasteiger partial charge is 0.187 e. The second-order valence-electron chi connectivity index (χ2n) is 4.12. The Morgan fingerprint density at radius 2 is 2.25 bits per heavy atom. The van der Waals surface area contributed by atoms with Crippen molar-refractivity contribution in [3.05, 3.63) is 52.9 Å². The van der Waals surface area contributed by atoms with Crippen molar-refractivity contribution < 1.29 is 4.79 Å². The lowest BCUT2D eigenvalue weighted by Gasteiger charge is -2.34. The highest BCUT2D eigenvalue weighted by Gasteiger charge is 2.42. The van der Waals surface area contributed by atoms with E-state index in [4.69, 9.17) is 0 Å². The van der Waals surface area contributed by atoms with Gasteiger partial charge in [0.05, 0.1) is 5.70 Å². The minimum atomic E-state index is -0.522. The summed E-state index contributed by atoms with van der Waals surface area (Å²) in [5.74, 6) is 0.148. The van der Waals surface area contributed by atoms with Gasteiger partial charge in [-0.3, -0.25) is 4.79 Å². The maximum absolute atomic E-state index is 12.0. The van der Waals surface area contributed by atoms with E-state index in [0.29, 0.717) is 0 Å². The average Bonchev–Trinajstić information content (AvgIpc) is 2.86. The third-order valence-electron chi connectivity index (χ3n) is 3.11. The van der Waals surface area contributed by atoms with Crippen LogP contribution in [0, 0.1) is 0 Å². The van der Waals surface area contributed by atoms with E-state index in [0.717, 1.165) is 11.3 Å². The van der Waals surface area contributed by atoms with Gasteiger partial charge in [0.25, 0.3) is 0 Å². The van der Waals surface area contributed by atoms with Gasteiger partial charge in [-0.05, 0) is 24.4 Å². The fraction of sp³-hybridized carbons (Fsp3) is 0.154. The van der Waals surface area contributed by atoms with Crippen molar-refractivity contribution >= 4 is 22.8 Å². The van der Waals surface area contributed by atoms with Crippen LogP contribution in [0.1, 0.15) is 12.5 Å². The number of fused-ring (bicyclic) bond motifs is 1. The van der Waals surface area contributed by atoms with Gasteiger partial charge in [-0.2, -0.15) is 11.3 Å². The maximum Gasteiger partial charge on any atom is 0.187 e. The number of carbonyl (C=O) groups is 1. The van der Waals surface area contributed by atoms with Gasteiger partial charge >= 0.3 is 0 Å². The molecule has 2 aliphatic heterocycles. The summed E-state index contributed by atoms with van der Waals surface area (Å²) < 4.78 is 0. The Kier molecular flexibility index (Phi) is 1.91. The van der Waals surface area contributed by atoms with Crippen LogP contribution >= 0.6 is 11.3 Å². The molecular formula is C13H11NOS. The van der Waals surface area contributed by atoms with Crippen molar-refractivity contribution in [1.29, 1.82) is 0 Å². The first-order chi connectivity index (χ1) is 7.72. The largest absolute Gasteiger partial charge is 0.331 e. The molecule has 0 bridgehead atoms. The minimum absolute atomic E-state index is 0.148. The Labute approximate surface area is 98.2 Å². The van der Waals surface area contributed by atoms with E-state index in [2.05, 4.69) is 5.38 Å². The Balaban J connectivity index is 2.10. The van der Waals surface area contributed by atoms with E-state index in [-0.39, 0.29) is 5.78 Å². The summed E-state index contributed by atoms with van der Waals surface area (Å²) in [6.07, 6.45) is 9.54. The van der Waals surface area contributed by atoms with Crippen molar-refractivity contribution in [3.63, 3.8) is 0 Å². The topological polar surface area (TPSA) is 20.3 Å². The number of ketones is 1. The third-order valence-corrected chi connectivity index (χ3v) is 3.79. The van der Waals surface area contributed by atoms with Crippen molar-refractivity contribution in [2.24, 2.45) is 0 Å². The number of nitrogens with zero attached hydrogens (tertiary/aromatic N) is 1. The summed E-state index contributed by atoms with van der Waals surface area (Å²) in [6, 6.07) is 2.04. The molecule has 1 atom stereocenters. The van der Waals surface area contributed by atoms with Gasteiger partial charge in [0.2, 0.25) is 0 Å². The Hall–Kier alpha value is -1.61. The molecule has 0 fully saturated rings. The van der Waals surface area contributed by atoms with Crippen molar-refractivity contribution in [1.82, 2.24) is 4.90 Å². The third kappa shape index (κ3) is 1.15. The van der Waals surface area contributed by atoms with Crippen LogP contribution in [0.5, 0.6) is 0 Å². The van der Waals surface area contributed by atoms with Gasteiger partial charge in [-0.15, -0.1) is 0 Å². The summed E-state index contributed by atoms with van der Waals surface area (Å²) in [4.78, 5) is 14.1. The van der Waals surface area contributed by atoms with Crippen LogP contribution in [0.3, 0.4) is 0 Å². The number of rotatable bonds is 1. The first kappa shape index (κ1) is 9.60. The Morgan fingerprint density at radius 3 is 3.00 bits per heavy atom. The van der Waals surface area contributed by atoms with Crippen molar-refractivity contribution in [3.8, 4) is 0 Å². The van der Waals surface area contributed by atoms with Crippen LogP contribution in [-0.4, -0.2) is 16.2 Å². The van der Waals surface area contributed by atoms with Crippen LogP contribution in [0.2, 0.25) is 0 Å². The molecule has 0 saturated heterocycles. The molecule has 3 heteroatoms. The molecule has 0 saturated carbocycles. The molecule has 2 nitrogen and oxygen atoms in total. The molecule has 2 aliphatic rings. The van der Waals surface area contributed by atoms with E-state index in [1.807, 2.05) is 47.7 Å². The molecule has 16 heavy (non-hydrogen) atoms. The number of hydrogen-bond donors (Lipinski definition) is 0. The molecule has 0 aromatic carbocycles. The van der Waals surface area contributed by atoms with Crippen LogP contribution in [0.25, 0.3) is 5.70 Å². The van der Waals surface area contributed by atoms with E-state index in [1.54, 1.807) is 17.4 Å². The first-order valence-corrected chi connectivity index (χ1v) is 6.10. The second kappa shape index (κ2) is 3.19. The molecule has 0 N–H and O–H groups in total. The summed E-state index contributed by atoms with van der Waals surface area (Å²) in [5, 5.41) is 4.09. The summed E-state index contributed by atoms with van der Waals surface area (Å²) >= 11 is 1.65. The van der Waals surface area contributed by atoms with Crippen LogP contribution in [0.4, 0.5) is 0 Å². The van der Waals surface area contributed by atoms with Crippen LogP contribution < -0.4 is 0 Å². The molecule has 0 radical (unpaired) electrons. The SMILES string of the molecule is CC12C=CC=CN1C(c1ccsc1)=CC2=O. The second-order valence-corrected chi connectivity index (χ2v) is 4.90. The highest BCUT2D eigenvalue weighted by molar-refractivity contribution is 7.08. The Bertz CT molecular complexity index is 524. The van der Waals surface area contributed by atoms with Gasteiger partial charge in [-0.1, -0.05) is 12.2 Å². The predicted molar refractivity (Wildman–Crippen MR) is 65.8 cm³/mol. The number of thiophene rings is 1. The molecule has 1 aromatic rings. The quantitative estimate of drug-likeness (QED) is 0.738. The van der Waals surface area contributed by atoms with Crippen molar-refractivity contribution in [2.75, 3.05) is 0 Å². The lowest BCUT2D eigenvalue weighted by Crippen LogP contribution is -2.42. The zero-order valence-electron chi connectivity index (χ0n) is 8.88. The standard InChI is InChI=1S/C13H11NOS/c1-13-5-2-3-6-14(13)11(8-12(13)15)10-4-7-16-9-10/h2-9H,1H3. The van der Waals surface area contributed by atoms with Gasteiger partial charge in [0.1, 0.15) is 5.54 Å². The Morgan fingerprint density at radius 1 is 1.38 bits per heavy atom. The molecule has 1 unspecified atom stereocenters. The van der Waals surface area contributed by atoms with E-state index >= 15 is 0 Å². The normalized spacial score (nSPS) is 27.2. The number of hydrogen-bond acceptors (Lipinski definition) is 3. The van der Waals surface area contributed by atoms with E-state index < -0.39 is 5.54 Å². The molecular weight excluding hydrogens is 218 g/mol. The van der Waals surface area contributed by atoms with Gasteiger partial charge in [-0.25, -0.2) is 0 Å². The zero-order valence-corrected chi connectivity index (χ0v) is 9.70. The molecule has 80 valence electrons. The molecule has 0 aliphatic carbocycles. The highest BCUT2D eigenvalue weighted by atomic mass is 32.1. The first-order valence-electron chi connectivity index (χ1n) is 5.16. The van der Waals surface area contributed by atoms with Crippen LogP contribution in [0.15, 0.2) is 47.3 Å². The van der Waals surface area contributed by atoms with Gasteiger partial charge in [0, 0.05) is 23.2 Å². The highest BCUT2D eigenvalue weighted by Crippen LogP contribution is 2.38. The predicted octanol–water partition coefficient (Wildman–Crippen LogP) is 2.82. The molecule has 0 amide bonds. The van der Waals surface area contributed by atoms with Gasteiger partial charge in [0.15, 0.2) is 5.78 Å². The fourth-order valence-corrected chi connectivity index (χ4v) is 2.77. The minimum Gasteiger partial charge on any atom is -0.331 e. The monoisotopic (exact) mass is 229 g/mol. The number of carbonyl (C=O) groups excluding carboxylic acids is 1. The molecule has 3 heterocycles.